The Kier molecular flexibility index (Phi) is 20.6. The van der Waals surface area contributed by atoms with Crippen molar-refractivity contribution in [3.05, 3.63) is 17.5 Å². The summed E-state index contributed by atoms with van der Waals surface area (Å²) in [6, 6.07) is 0.943. The maximum absolute atomic E-state index is 13.1. The van der Waals surface area contributed by atoms with E-state index in [-0.39, 0.29) is 31.0 Å². The van der Waals surface area contributed by atoms with Gasteiger partial charge in [0.1, 0.15) is 0 Å². The van der Waals surface area contributed by atoms with Crippen molar-refractivity contribution in [2.24, 2.45) is 0 Å². The number of nitrogens with zero attached hydrogens (tertiary/aromatic N) is 7. The Morgan fingerprint density at radius 3 is 0.721 bits per heavy atom. The van der Waals surface area contributed by atoms with Crippen LogP contribution >= 0.6 is 0 Å². The number of H-pyrrole nitrogens is 1. The first kappa shape index (κ1) is 56.3. The molecular formula is C29H38F24N8. The Balaban J connectivity index is 3.49. The molecule has 1 aromatic heterocycles. The molecule has 0 saturated heterocycles. The van der Waals surface area contributed by atoms with Crippen LogP contribution in [0.15, 0.2) is 6.07 Å². The van der Waals surface area contributed by atoms with E-state index in [0.29, 0.717) is 0 Å². The molecule has 61 heavy (non-hydrogen) atoms. The highest BCUT2D eigenvalue weighted by Gasteiger charge is 2.41. The molecule has 0 bridgehead atoms. The lowest BCUT2D eigenvalue weighted by Crippen LogP contribution is -2.47. The molecule has 0 aromatic carbocycles. The van der Waals surface area contributed by atoms with E-state index in [1.807, 2.05) is 0 Å². The van der Waals surface area contributed by atoms with E-state index in [1.165, 1.54) is 0 Å². The predicted molar refractivity (Wildman–Crippen MR) is 163 cm³/mol. The van der Waals surface area contributed by atoms with Gasteiger partial charge in [0.2, 0.25) is 0 Å². The molecule has 0 amide bonds. The van der Waals surface area contributed by atoms with Crippen LogP contribution in [0.4, 0.5) is 105 Å². The zero-order valence-electron chi connectivity index (χ0n) is 31.0. The quantitative estimate of drug-likeness (QED) is 0.107. The van der Waals surface area contributed by atoms with E-state index in [9.17, 15) is 105 Å². The monoisotopic (exact) mass is 954 g/mol. The van der Waals surface area contributed by atoms with Gasteiger partial charge in [-0.15, -0.1) is 0 Å². The van der Waals surface area contributed by atoms with E-state index < -0.39 is 167 Å². The number of hydrogen-bond donors (Lipinski definition) is 1. The van der Waals surface area contributed by atoms with Gasteiger partial charge in [0.15, 0.2) is 0 Å². The van der Waals surface area contributed by atoms with Crippen LogP contribution in [-0.4, -0.2) is 194 Å². The Bertz CT molecular complexity index is 1130. The normalized spacial score (nSPS) is 14.7. The summed E-state index contributed by atoms with van der Waals surface area (Å²) in [6.45, 7) is -26.9. The van der Waals surface area contributed by atoms with Gasteiger partial charge in [0.05, 0.1) is 58.1 Å². The summed E-state index contributed by atoms with van der Waals surface area (Å²) >= 11 is 0. The van der Waals surface area contributed by atoms with Crippen molar-refractivity contribution in [1.29, 1.82) is 0 Å². The van der Waals surface area contributed by atoms with Crippen LogP contribution in [0.1, 0.15) is 11.4 Å². The summed E-state index contributed by atoms with van der Waals surface area (Å²) in [4.78, 5) is 0.919. The van der Waals surface area contributed by atoms with Crippen LogP contribution in [-0.2, 0) is 13.1 Å². The molecular weight excluding hydrogens is 916 g/mol. The van der Waals surface area contributed by atoms with Crippen molar-refractivity contribution >= 4 is 0 Å². The van der Waals surface area contributed by atoms with E-state index in [0.717, 1.165) is 15.9 Å². The van der Waals surface area contributed by atoms with Crippen LogP contribution in [0.2, 0.25) is 0 Å². The summed E-state index contributed by atoms with van der Waals surface area (Å²) in [7, 11) is 0. The van der Waals surface area contributed by atoms with Gasteiger partial charge in [-0.1, -0.05) is 0 Å². The van der Waals surface area contributed by atoms with Crippen molar-refractivity contribution in [3.63, 3.8) is 0 Å². The first-order valence-electron chi connectivity index (χ1n) is 17.0. The fourth-order valence-corrected chi connectivity index (χ4v) is 5.60. The van der Waals surface area contributed by atoms with Crippen LogP contribution in [0.3, 0.4) is 0 Å². The molecule has 362 valence electrons. The fourth-order valence-electron chi connectivity index (χ4n) is 5.60. The van der Waals surface area contributed by atoms with Crippen LogP contribution in [0, 0.1) is 0 Å². The van der Waals surface area contributed by atoms with Gasteiger partial charge in [-0.2, -0.15) is 110 Å². The summed E-state index contributed by atoms with van der Waals surface area (Å²) in [6.07, 6.45) is -41.8. The summed E-state index contributed by atoms with van der Waals surface area (Å²) < 4.78 is 313. The molecule has 0 spiro atoms. The van der Waals surface area contributed by atoms with E-state index >= 15 is 0 Å². The smallest absolute Gasteiger partial charge is 0.295 e. The van der Waals surface area contributed by atoms with Crippen LogP contribution < -0.4 is 0 Å². The minimum Gasteiger partial charge on any atom is -0.295 e. The van der Waals surface area contributed by atoms with Crippen molar-refractivity contribution < 1.29 is 105 Å². The third kappa shape index (κ3) is 31.7. The van der Waals surface area contributed by atoms with Crippen molar-refractivity contribution in [1.82, 2.24) is 39.6 Å². The minimum absolute atomic E-state index is 0.172. The molecule has 1 N–H and O–H groups in total. The number of hydrogen-bond acceptors (Lipinski definition) is 7. The van der Waals surface area contributed by atoms with E-state index in [4.69, 9.17) is 0 Å². The number of alkyl halides is 24. The average molecular weight is 955 g/mol. The van der Waals surface area contributed by atoms with Gasteiger partial charge in [0.25, 0.3) is 0 Å². The first-order valence-corrected chi connectivity index (χ1v) is 17.0. The highest BCUT2D eigenvalue weighted by molar-refractivity contribution is 5.09. The zero-order valence-corrected chi connectivity index (χ0v) is 31.0. The van der Waals surface area contributed by atoms with Gasteiger partial charge in [-0.3, -0.25) is 34.5 Å². The summed E-state index contributed by atoms with van der Waals surface area (Å²) in [5, 5.41) is 5.97. The standard InChI is InChI=1S/C29H38F24N8/c30-22(31,32)12-58(13-23(33,34)35)5-1-56(2-6-59(14-24(36,37)38)15-25(39,40)41)10-20-9-21(55-54-20)11-57(3-7-60(16-26(42,43)44)17-27(45,46)47)4-8-61(18-28(48,49)50)19-29(51,52)53/h9H,1-8,10-19H2,(H,54,55). The summed E-state index contributed by atoms with van der Waals surface area (Å²) in [5.41, 5.74) is -0.573. The lowest BCUT2D eigenvalue weighted by molar-refractivity contribution is -0.183. The third-order valence-corrected chi connectivity index (χ3v) is 7.62. The van der Waals surface area contributed by atoms with Gasteiger partial charge in [-0.05, 0) is 6.07 Å². The zero-order chi connectivity index (χ0) is 47.5. The lowest BCUT2D eigenvalue weighted by Gasteiger charge is -2.31. The third-order valence-electron chi connectivity index (χ3n) is 7.62. The predicted octanol–water partition coefficient (Wildman–Crippen LogP) is 7.72. The minimum atomic E-state index is -5.22. The molecule has 0 aliphatic carbocycles. The highest BCUT2D eigenvalue weighted by Crippen LogP contribution is 2.26. The SMILES string of the molecule is FC(F)(F)CN(CCN(CCN(CC(F)(F)F)CC(F)(F)F)Cc1cc(CN(CCN(CC(F)(F)F)CC(F)(F)F)CCN(CC(F)(F)F)CC(F)(F)F)[nH]n1)CC(F)(F)F. The summed E-state index contributed by atoms with van der Waals surface area (Å²) in [5.74, 6) is 0. The van der Waals surface area contributed by atoms with Crippen LogP contribution in [0.5, 0.6) is 0 Å². The molecule has 8 nitrogen and oxygen atoms in total. The molecule has 0 saturated carbocycles. The molecule has 0 fully saturated rings. The van der Waals surface area contributed by atoms with Gasteiger partial charge < -0.3 is 0 Å². The molecule has 0 unspecified atom stereocenters. The number of aromatic amines is 1. The maximum Gasteiger partial charge on any atom is 0.401 e. The first-order chi connectivity index (χ1) is 27.1. The van der Waals surface area contributed by atoms with E-state index in [2.05, 4.69) is 10.2 Å². The van der Waals surface area contributed by atoms with Gasteiger partial charge in [-0.25, -0.2) is 0 Å². The molecule has 0 aliphatic rings. The molecule has 1 heterocycles. The molecule has 0 atom stereocenters. The van der Waals surface area contributed by atoms with E-state index in [1.54, 1.807) is 0 Å². The fraction of sp³-hybridized carbons (Fsp3) is 0.897. The second-order valence-electron chi connectivity index (χ2n) is 13.7. The van der Waals surface area contributed by atoms with Gasteiger partial charge >= 0.3 is 49.4 Å². The molecule has 0 radical (unpaired) electrons. The number of aromatic nitrogens is 2. The van der Waals surface area contributed by atoms with Crippen molar-refractivity contribution in [2.75, 3.05) is 105 Å². The Morgan fingerprint density at radius 2 is 0.508 bits per heavy atom. The maximum atomic E-state index is 13.1. The van der Waals surface area contributed by atoms with Crippen molar-refractivity contribution in [2.45, 2.75) is 62.5 Å². The highest BCUT2D eigenvalue weighted by atomic mass is 19.4. The second-order valence-corrected chi connectivity index (χ2v) is 13.7. The number of rotatable bonds is 24. The Labute approximate surface area is 330 Å². The van der Waals surface area contributed by atoms with Crippen LogP contribution in [0.25, 0.3) is 0 Å². The Morgan fingerprint density at radius 1 is 0.311 bits per heavy atom. The lowest BCUT2D eigenvalue weighted by atomic mass is 10.2. The molecule has 32 heteroatoms. The second kappa shape index (κ2) is 22.3. The van der Waals surface area contributed by atoms with Crippen molar-refractivity contribution in [3.8, 4) is 0 Å². The average Bonchev–Trinajstić information content (AvgIpc) is 3.39. The Hall–Kier alpha value is -2.71. The molecule has 0 aliphatic heterocycles. The molecule has 1 rings (SSSR count). The topological polar surface area (TPSA) is 48.1 Å². The number of halogens is 24. The molecule has 1 aromatic rings. The number of nitrogens with one attached hydrogen (secondary N) is 1. The van der Waals surface area contributed by atoms with Gasteiger partial charge in [0, 0.05) is 71.1 Å². The largest absolute Gasteiger partial charge is 0.401 e.